The molecule has 0 saturated carbocycles. The SMILES string of the molecule is CC(C)Cc1ccc(C(=O)OCC(=O)N2CCN(c3ncccn3)CC2)cc1. The zero-order valence-corrected chi connectivity index (χ0v) is 16.4. The summed E-state index contributed by atoms with van der Waals surface area (Å²) in [7, 11) is 0. The second kappa shape index (κ2) is 9.30. The highest BCUT2D eigenvalue weighted by atomic mass is 16.5. The van der Waals surface area contributed by atoms with Crippen molar-refractivity contribution in [2.75, 3.05) is 37.7 Å². The Bertz CT molecular complexity index is 785. The van der Waals surface area contributed by atoms with Gasteiger partial charge >= 0.3 is 5.97 Å². The molecule has 0 radical (unpaired) electrons. The first-order valence-electron chi connectivity index (χ1n) is 9.58. The van der Waals surface area contributed by atoms with Crippen molar-refractivity contribution in [2.24, 2.45) is 5.92 Å². The van der Waals surface area contributed by atoms with Gasteiger partial charge in [-0.2, -0.15) is 0 Å². The van der Waals surface area contributed by atoms with Crippen LogP contribution in [0.2, 0.25) is 0 Å². The van der Waals surface area contributed by atoms with Crippen LogP contribution in [0.15, 0.2) is 42.7 Å². The van der Waals surface area contributed by atoms with Crippen LogP contribution in [0.3, 0.4) is 0 Å². The van der Waals surface area contributed by atoms with Gasteiger partial charge in [0.15, 0.2) is 6.61 Å². The first-order valence-corrected chi connectivity index (χ1v) is 9.58. The van der Waals surface area contributed by atoms with Crippen molar-refractivity contribution in [1.82, 2.24) is 14.9 Å². The van der Waals surface area contributed by atoms with Crippen LogP contribution in [0.1, 0.15) is 29.8 Å². The minimum Gasteiger partial charge on any atom is -0.452 e. The van der Waals surface area contributed by atoms with Crippen molar-refractivity contribution >= 4 is 17.8 Å². The lowest BCUT2D eigenvalue weighted by Crippen LogP contribution is -2.50. The Morgan fingerprint density at radius 2 is 1.68 bits per heavy atom. The quantitative estimate of drug-likeness (QED) is 0.713. The molecule has 1 amide bonds. The van der Waals surface area contributed by atoms with Crippen LogP contribution in [-0.4, -0.2) is 59.5 Å². The number of hydrogen-bond acceptors (Lipinski definition) is 6. The standard InChI is InChI=1S/C21H26N4O3/c1-16(2)14-17-4-6-18(7-5-17)20(27)28-15-19(26)24-10-12-25(13-11-24)21-22-8-3-9-23-21/h3-9,16H,10-15H2,1-2H3. The Labute approximate surface area is 165 Å². The highest BCUT2D eigenvalue weighted by Gasteiger charge is 2.23. The van der Waals surface area contributed by atoms with Gasteiger partial charge in [0.2, 0.25) is 5.95 Å². The summed E-state index contributed by atoms with van der Waals surface area (Å²) >= 11 is 0. The predicted molar refractivity (Wildman–Crippen MR) is 106 cm³/mol. The lowest BCUT2D eigenvalue weighted by atomic mass is 10.0. The van der Waals surface area contributed by atoms with E-state index in [9.17, 15) is 9.59 Å². The molecular formula is C21H26N4O3. The Morgan fingerprint density at radius 3 is 2.29 bits per heavy atom. The molecule has 1 aromatic heterocycles. The van der Waals surface area contributed by atoms with E-state index in [0.29, 0.717) is 43.6 Å². The fourth-order valence-corrected chi connectivity index (χ4v) is 3.16. The lowest BCUT2D eigenvalue weighted by molar-refractivity contribution is -0.134. The summed E-state index contributed by atoms with van der Waals surface area (Å²) in [5.74, 6) is 0.575. The molecule has 148 valence electrons. The van der Waals surface area contributed by atoms with Gasteiger partial charge in [-0.05, 0) is 36.1 Å². The van der Waals surface area contributed by atoms with Gasteiger partial charge in [-0.25, -0.2) is 14.8 Å². The molecule has 3 rings (SSSR count). The zero-order valence-electron chi connectivity index (χ0n) is 16.4. The Balaban J connectivity index is 1.44. The Morgan fingerprint density at radius 1 is 1.04 bits per heavy atom. The number of hydrogen-bond donors (Lipinski definition) is 0. The monoisotopic (exact) mass is 382 g/mol. The second-order valence-electron chi connectivity index (χ2n) is 7.29. The normalized spacial score (nSPS) is 14.2. The van der Waals surface area contributed by atoms with Gasteiger partial charge in [0.1, 0.15) is 0 Å². The van der Waals surface area contributed by atoms with Crippen LogP contribution < -0.4 is 4.90 Å². The summed E-state index contributed by atoms with van der Waals surface area (Å²) in [6.07, 6.45) is 4.37. The number of carbonyl (C=O) groups is 2. The van der Waals surface area contributed by atoms with Crippen LogP contribution in [-0.2, 0) is 16.0 Å². The molecule has 2 heterocycles. The van der Waals surface area contributed by atoms with Gasteiger partial charge in [-0.3, -0.25) is 4.79 Å². The number of aromatic nitrogens is 2. The molecule has 7 heteroatoms. The second-order valence-corrected chi connectivity index (χ2v) is 7.29. The van der Waals surface area contributed by atoms with Gasteiger partial charge in [-0.15, -0.1) is 0 Å². The van der Waals surface area contributed by atoms with E-state index in [2.05, 4.69) is 23.8 Å². The smallest absolute Gasteiger partial charge is 0.338 e. The van der Waals surface area contributed by atoms with E-state index in [1.54, 1.807) is 35.5 Å². The maximum Gasteiger partial charge on any atom is 0.338 e. The number of rotatable bonds is 6. The molecule has 0 aliphatic carbocycles. The fourth-order valence-electron chi connectivity index (χ4n) is 3.16. The van der Waals surface area contributed by atoms with E-state index in [1.165, 1.54) is 5.56 Å². The van der Waals surface area contributed by atoms with Crippen molar-refractivity contribution < 1.29 is 14.3 Å². The molecule has 1 saturated heterocycles. The average Bonchev–Trinajstić information content (AvgIpc) is 2.72. The van der Waals surface area contributed by atoms with Gasteiger partial charge in [-0.1, -0.05) is 26.0 Å². The first kappa shape index (κ1) is 19.8. The molecule has 28 heavy (non-hydrogen) atoms. The van der Waals surface area contributed by atoms with E-state index in [1.807, 2.05) is 17.0 Å². The number of nitrogens with zero attached hydrogens (tertiary/aromatic N) is 4. The fraction of sp³-hybridized carbons (Fsp3) is 0.429. The average molecular weight is 382 g/mol. The number of carbonyl (C=O) groups excluding carboxylic acids is 2. The van der Waals surface area contributed by atoms with Crippen molar-refractivity contribution in [2.45, 2.75) is 20.3 Å². The van der Waals surface area contributed by atoms with E-state index in [4.69, 9.17) is 4.74 Å². The molecule has 1 aliphatic rings. The number of ether oxygens (including phenoxy) is 1. The van der Waals surface area contributed by atoms with E-state index >= 15 is 0 Å². The Hall–Kier alpha value is -2.96. The van der Waals surface area contributed by atoms with E-state index < -0.39 is 5.97 Å². The van der Waals surface area contributed by atoms with Crippen LogP contribution in [0.5, 0.6) is 0 Å². The number of esters is 1. The predicted octanol–water partition coefficient (Wildman–Crippen LogP) is 2.18. The number of anilines is 1. The highest BCUT2D eigenvalue weighted by Crippen LogP contribution is 2.12. The maximum atomic E-state index is 12.4. The largest absolute Gasteiger partial charge is 0.452 e. The topological polar surface area (TPSA) is 75.6 Å². The number of amides is 1. The summed E-state index contributed by atoms with van der Waals surface area (Å²) in [5.41, 5.74) is 1.65. The molecule has 2 aromatic rings. The summed E-state index contributed by atoms with van der Waals surface area (Å²) in [6.45, 7) is 6.48. The van der Waals surface area contributed by atoms with Gasteiger partial charge in [0.05, 0.1) is 5.56 Å². The van der Waals surface area contributed by atoms with Gasteiger partial charge < -0.3 is 14.5 Å². The molecular weight excluding hydrogens is 356 g/mol. The molecule has 1 aromatic carbocycles. The van der Waals surface area contributed by atoms with Gasteiger partial charge in [0.25, 0.3) is 5.91 Å². The molecule has 0 atom stereocenters. The van der Waals surface area contributed by atoms with Crippen molar-refractivity contribution in [3.8, 4) is 0 Å². The van der Waals surface area contributed by atoms with Gasteiger partial charge in [0, 0.05) is 38.6 Å². The third-order valence-corrected chi connectivity index (χ3v) is 4.63. The van der Waals surface area contributed by atoms with Crippen LogP contribution in [0.25, 0.3) is 0 Å². The summed E-state index contributed by atoms with van der Waals surface area (Å²) < 4.78 is 5.21. The zero-order chi connectivity index (χ0) is 19.9. The maximum absolute atomic E-state index is 12.4. The minimum absolute atomic E-state index is 0.182. The molecule has 0 unspecified atom stereocenters. The molecule has 0 spiro atoms. The third-order valence-electron chi connectivity index (χ3n) is 4.63. The third kappa shape index (κ3) is 5.28. The van der Waals surface area contributed by atoms with E-state index in [-0.39, 0.29) is 12.5 Å². The van der Waals surface area contributed by atoms with Crippen molar-refractivity contribution in [3.63, 3.8) is 0 Å². The van der Waals surface area contributed by atoms with Crippen molar-refractivity contribution in [3.05, 3.63) is 53.9 Å². The summed E-state index contributed by atoms with van der Waals surface area (Å²) in [4.78, 5) is 36.7. The van der Waals surface area contributed by atoms with Crippen LogP contribution in [0, 0.1) is 5.92 Å². The minimum atomic E-state index is -0.472. The van der Waals surface area contributed by atoms with Crippen LogP contribution >= 0.6 is 0 Å². The van der Waals surface area contributed by atoms with Crippen molar-refractivity contribution in [1.29, 1.82) is 0 Å². The molecule has 1 aliphatic heterocycles. The Kier molecular flexibility index (Phi) is 6.57. The molecule has 1 fully saturated rings. The molecule has 7 nitrogen and oxygen atoms in total. The first-order chi connectivity index (χ1) is 13.5. The number of piperazine rings is 1. The number of benzene rings is 1. The van der Waals surface area contributed by atoms with E-state index in [0.717, 1.165) is 6.42 Å². The van der Waals surface area contributed by atoms with Crippen LogP contribution in [0.4, 0.5) is 5.95 Å². The lowest BCUT2D eigenvalue weighted by Gasteiger charge is -2.34. The molecule has 0 N–H and O–H groups in total. The highest BCUT2D eigenvalue weighted by molar-refractivity contribution is 5.91. The summed E-state index contributed by atoms with van der Waals surface area (Å²) in [6, 6.07) is 9.15. The molecule has 0 bridgehead atoms. The summed E-state index contributed by atoms with van der Waals surface area (Å²) in [5, 5.41) is 0.